The predicted molar refractivity (Wildman–Crippen MR) is 77.3 cm³/mol. The summed E-state index contributed by atoms with van der Waals surface area (Å²) < 4.78 is 0. The smallest absolute Gasteiger partial charge is 0.208 e. The molecular formula is C14H14N4S. The summed E-state index contributed by atoms with van der Waals surface area (Å²) in [5.74, 6) is 1.61. The number of aromatic nitrogens is 3. The Balaban J connectivity index is 1.87. The maximum atomic E-state index is 8.44. The van der Waals surface area contributed by atoms with Crippen LogP contribution < -0.4 is 0 Å². The van der Waals surface area contributed by atoms with Crippen LogP contribution in [-0.2, 0) is 0 Å². The number of unbranched alkanes of at least 4 members (excludes halogenated alkanes) is 1. The predicted octanol–water partition coefficient (Wildman–Crippen LogP) is 3.37. The summed E-state index contributed by atoms with van der Waals surface area (Å²) >= 11 is 1.56. The zero-order valence-corrected chi connectivity index (χ0v) is 11.2. The topological polar surface area (TPSA) is 65.4 Å². The molecule has 19 heavy (non-hydrogen) atoms. The summed E-state index contributed by atoms with van der Waals surface area (Å²) in [6.45, 7) is 0. The van der Waals surface area contributed by atoms with Gasteiger partial charge in [0.2, 0.25) is 5.16 Å². The van der Waals surface area contributed by atoms with Gasteiger partial charge in [-0.2, -0.15) is 5.26 Å². The first kappa shape index (κ1) is 13.4. The highest BCUT2D eigenvalue weighted by molar-refractivity contribution is 7.99. The zero-order valence-electron chi connectivity index (χ0n) is 10.4. The summed E-state index contributed by atoms with van der Waals surface area (Å²) in [6.07, 6.45) is 5.34. The average Bonchev–Trinajstić information content (AvgIpc) is 2.91. The minimum atomic E-state index is 0.582. The minimum Gasteiger partial charge on any atom is -0.259 e. The summed E-state index contributed by atoms with van der Waals surface area (Å²) in [4.78, 5) is 4.35. The van der Waals surface area contributed by atoms with Crippen LogP contribution >= 0.6 is 11.8 Å². The Morgan fingerprint density at radius 2 is 2.11 bits per heavy atom. The van der Waals surface area contributed by atoms with Gasteiger partial charge in [0.25, 0.3) is 0 Å². The van der Waals surface area contributed by atoms with E-state index < -0.39 is 0 Å². The molecule has 96 valence electrons. The molecule has 1 N–H and O–H groups in total. The highest BCUT2D eigenvalue weighted by Gasteiger charge is 2.00. The molecule has 0 saturated heterocycles. The van der Waals surface area contributed by atoms with Crippen LogP contribution in [0.4, 0.5) is 0 Å². The maximum absolute atomic E-state index is 8.44. The fraction of sp³-hybridized carbons (Fsp3) is 0.214. The number of aromatic amines is 1. The van der Waals surface area contributed by atoms with Gasteiger partial charge in [-0.1, -0.05) is 48.2 Å². The summed E-state index contributed by atoms with van der Waals surface area (Å²) in [6, 6.07) is 12.2. The Labute approximate surface area is 116 Å². The van der Waals surface area contributed by atoms with Gasteiger partial charge in [-0.25, -0.2) is 4.98 Å². The van der Waals surface area contributed by atoms with Crippen LogP contribution in [-0.4, -0.2) is 20.9 Å². The second-order valence-corrected chi connectivity index (χ2v) is 4.92. The Morgan fingerprint density at radius 1 is 1.26 bits per heavy atom. The van der Waals surface area contributed by atoms with Crippen molar-refractivity contribution in [1.82, 2.24) is 15.2 Å². The number of benzene rings is 1. The molecule has 0 unspecified atom stereocenters. The lowest BCUT2D eigenvalue weighted by Crippen LogP contribution is -1.81. The van der Waals surface area contributed by atoms with Crippen molar-refractivity contribution < 1.29 is 0 Å². The van der Waals surface area contributed by atoms with E-state index in [9.17, 15) is 0 Å². The first-order valence-electron chi connectivity index (χ1n) is 6.04. The molecule has 1 aromatic carbocycles. The van der Waals surface area contributed by atoms with Crippen molar-refractivity contribution in [2.45, 2.75) is 18.0 Å². The van der Waals surface area contributed by atoms with Crippen LogP contribution in [0.5, 0.6) is 0 Å². The van der Waals surface area contributed by atoms with Crippen LogP contribution in [0.3, 0.4) is 0 Å². The fourth-order valence-electron chi connectivity index (χ4n) is 1.45. The lowest BCUT2D eigenvalue weighted by atomic mass is 10.2. The SMILES string of the molecule is N#CCCCSc1n[nH]c(/C=C/c2ccccc2)n1. The third-order valence-electron chi connectivity index (χ3n) is 2.38. The molecule has 0 saturated carbocycles. The molecule has 0 spiro atoms. The average molecular weight is 270 g/mol. The van der Waals surface area contributed by atoms with Gasteiger partial charge in [-0.05, 0) is 18.1 Å². The Hall–Kier alpha value is -2.06. The number of H-pyrrole nitrogens is 1. The van der Waals surface area contributed by atoms with Crippen LogP contribution in [0.25, 0.3) is 12.2 Å². The summed E-state index contributed by atoms with van der Waals surface area (Å²) in [5, 5.41) is 16.2. The van der Waals surface area contributed by atoms with E-state index in [0.29, 0.717) is 6.42 Å². The molecule has 0 amide bonds. The van der Waals surface area contributed by atoms with Gasteiger partial charge in [0, 0.05) is 12.2 Å². The van der Waals surface area contributed by atoms with E-state index >= 15 is 0 Å². The lowest BCUT2D eigenvalue weighted by molar-refractivity contribution is 0.949. The second-order valence-electron chi connectivity index (χ2n) is 3.86. The molecule has 1 aromatic heterocycles. The number of rotatable bonds is 6. The van der Waals surface area contributed by atoms with Gasteiger partial charge in [0.05, 0.1) is 6.07 Å². The fourth-order valence-corrected chi connectivity index (χ4v) is 2.20. The minimum absolute atomic E-state index is 0.582. The van der Waals surface area contributed by atoms with Crippen molar-refractivity contribution in [3.63, 3.8) is 0 Å². The second kappa shape index (κ2) is 7.39. The number of thioether (sulfide) groups is 1. The molecule has 0 fully saturated rings. The maximum Gasteiger partial charge on any atom is 0.208 e. The number of hydrogen-bond acceptors (Lipinski definition) is 4. The van der Waals surface area contributed by atoms with Crippen LogP contribution in [0.1, 0.15) is 24.2 Å². The van der Waals surface area contributed by atoms with Crippen molar-refractivity contribution in [2.24, 2.45) is 0 Å². The zero-order chi connectivity index (χ0) is 13.3. The van der Waals surface area contributed by atoms with Gasteiger partial charge in [-0.3, -0.25) is 5.10 Å². The number of nitrogens with zero attached hydrogens (tertiary/aromatic N) is 3. The van der Waals surface area contributed by atoms with Gasteiger partial charge in [-0.15, -0.1) is 5.10 Å². The van der Waals surface area contributed by atoms with Gasteiger partial charge >= 0.3 is 0 Å². The lowest BCUT2D eigenvalue weighted by Gasteiger charge is -1.91. The molecule has 2 aromatic rings. The number of nitriles is 1. The van der Waals surface area contributed by atoms with Crippen molar-refractivity contribution >= 4 is 23.9 Å². The molecule has 0 aliphatic carbocycles. The molecule has 4 nitrogen and oxygen atoms in total. The highest BCUT2D eigenvalue weighted by atomic mass is 32.2. The third-order valence-corrected chi connectivity index (χ3v) is 3.31. The highest BCUT2D eigenvalue weighted by Crippen LogP contribution is 2.15. The van der Waals surface area contributed by atoms with Gasteiger partial charge in [0.15, 0.2) is 0 Å². The molecule has 0 bridgehead atoms. The normalized spacial score (nSPS) is 10.7. The first-order valence-corrected chi connectivity index (χ1v) is 7.02. The van der Waals surface area contributed by atoms with Crippen molar-refractivity contribution in [2.75, 3.05) is 5.75 Å². The molecule has 1 heterocycles. The molecule has 0 atom stereocenters. The van der Waals surface area contributed by atoms with Gasteiger partial charge < -0.3 is 0 Å². The molecule has 0 radical (unpaired) electrons. The summed E-state index contributed by atoms with van der Waals surface area (Å²) in [5.41, 5.74) is 1.13. The molecule has 0 aliphatic rings. The van der Waals surface area contributed by atoms with Crippen LogP contribution in [0, 0.1) is 11.3 Å². The van der Waals surface area contributed by atoms with E-state index in [-0.39, 0.29) is 0 Å². The molecular weight excluding hydrogens is 256 g/mol. The largest absolute Gasteiger partial charge is 0.259 e. The van der Waals surface area contributed by atoms with E-state index in [2.05, 4.69) is 21.3 Å². The summed E-state index contributed by atoms with van der Waals surface area (Å²) in [7, 11) is 0. The Kier molecular flexibility index (Phi) is 5.20. The van der Waals surface area contributed by atoms with Crippen molar-refractivity contribution in [3.8, 4) is 6.07 Å². The van der Waals surface area contributed by atoms with E-state index in [1.807, 2.05) is 42.5 Å². The van der Waals surface area contributed by atoms with Gasteiger partial charge in [0.1, 0.15) is 5.82 Å². The van der Waals surface area contributed by atoms with E-state index in [1.165, 1.54) is 0 Å². The molecule has 2 rings (SSSR count). The number of hydrogen-bond donors (Lipinski definition) is 1. The van der Waals surface area contributed by atoms with Crippen LogP contribution in [0.2, 0.25) is 0 Å². The van der Waals surface area contributed by atoms with Crippen molar-refractivity contribution in [3.05, 3.63) is 41.7 Å². The quantitative estimate of drug-likeness (QED) is 0.645. The third kappa shape index (κ3) is 4.60. The molecule has 5 heteroatoms. The Morgan fingerprint density at radius 3 is 2.89 bits per heavy atom. The van der Waals surface area contributed by atoms with E-state index in [0.717, 1.165) is 28.7 Å². The van der Waals surface area contributed by atoms with Crippen LogP contribution in [0.15, 0.2) is 35.5 Å². The van der Waals surface area contributed by atoms with E-state index in [4.69, 9.17) is 5.26 Å². The molecule has 0 aliphatic heterocycles. The standard InChI is InChI=1S/C14H14N4S/c15-10-4-5-11-19-14-16-13(17-18-14)9-8-12-6-2-1-3-7-12/h1-3,6-9H,4-5,11H2,(H,16,17,18)/b9-8+. The monoisotopic (exact) mass is 270 g/mol. The number of nitrogens with one attached hydrogen (secondary N) is 1. The van der Waals surface area contributed by atoms with Crippen molar-refractivity contribution in [1.29, 1.82) is 5.26 Å². The first-order chi connectivity index (χ1) is 9.38. The van der Waals surface area contributed by atoms with E-state index in [1.54, 1.807) is 11.8 Å². The Bertz CT molecular complexity index is 569.